The van der Waals surface area contributed by atoms with E-state index in [2.05, 4.69) is 45.0 Å². The molecule has 0 unspecified atom stereocenters. The van der Waals surface area contributed by atoms with Gasteiger partial charge in [0.2, 0.25) is 0 Å². The van der Waals surface area contributed by atoms with Crippen LogP contribution < -0.4 is 14.8 Å². The van der Waals surface area contributed by atoms with Crippen LogP contribution in [0.25, 0.3) is 0 Å². The van der Waals surface area contributed by atoms with E-state index in [1.165, 1.54) is 6.07 Å². The van der Waals surface area contributed by atoms with Gasteiger partial charge in [0.05, 0.1) is 0 Å². The van der Waals surface area contributed by atoms with Gasteiger partial charge >= 0.3 is 14.3 Å². The van der Waals surface area contributed by atoms with Crippen LogP contribution in [0.3, 0.4) is 0 Å². The number of aromatic hydroxyl groups is 1. The van der Waals surface area contributed by atoms with Gasteiger partial charge in [0.25, 0.3) is 0 Å². The Bertz CT molecular complexity index is 991. The zero-order valence-electron chi connectivity index (χ0n) is 17.2. The van der Waals surface area contributed by atoms with Crippen molar-refractivity contribution in [1.29, 1.82) is 0 Å². The Morgan fingerprint density at radius 2 is 1.47 bits per heavy atom. The van der Waals surface area contributed by atoms with Crippen LogP contribution >= 0.6 is 11.6 Å². The van der Waals surface area contributed by atoms with E-state index in [1.54, 1.807) is 6.07 Å². The van der Waals surface area contributed by atoms with Gasteiger partial charge in [-0.15, -0.1) is 11.6 Å². The molecule has 0 aromatic heterocycles. The second kappa shape index (κ2) is 8.54. The van der Waals surface area contributed by atoms with E-state index in [0.717, 1.165) is 10.4 Å². The highest BCUT2D eigenvalue weighted by molar-refractivity contribution is 7.00. The summed E-state index contributed by atoms with van der Waals surface area (Å²) in [5.41, 5.74) is 0.122. The van der Waals surface area contributed by atoms with Crippen LogP contribution in [0.4, 0.5) is 0 Å². The van der Waals surface area contributed by atoms with Gasteiger partial charge in [0.15, 0.2) is 0 Å². The first kappa shape index (κ1) is 21.9. The molecule has 156 valence electrons. The van der Waals surface area contributed by atoms with Crippen LogP contribution in [-0.4, -0.2) is 24.5 Å². The summed E-state index contributed by atoms with van der Waals surface area (Å²) in [5, 5.41) is 21.7. The third kappa shape index (κ3) is 3.95. The van der Waals surface area contributed by atoms with Crippen molar-refractivity contribution in [2.45, 2.75) is 31.7 Å². The van der Waals surface area contributed by atoms with Crippen LogP contribution in [-0.2, 0) is 5.88 Å². The molecule has 0 aliphatic rings. The van der Waals surface area contributed by atoms with Gasteiger partial charge < -0.3 is 14.6 Å². The van der Waals surface area contributed by atoms with E-state index < -0.39 is 14.3 Å². The SMILES string of the molecule is CC(C)(C)[Si](Oc1cc(O)c(C(=O)O)c(CCl)c1)(c1ccccc1)c1ccccc1. The molecule has 0 aliphatic heterocycles. The van der Waals surface area contributed by atoms with Crippen LogP contribution in [0.1, 0.15) is 36.7 Å². The Balaban J connectivity index is 2.27. The molecule has 0 saturated carbocycles. The lowest BCUT2D eigenvalue weighted by Gasteiger charge is -2.43. The van der Waals surface area contributed by atoms with E-state index in [9.17, 15) is 15.0 Å². The summed E-state index contributed by atoms with van der Waals surface area (Å²) in [5.74, 6) is -1.22. The molecule has 2 N–H and O–H groups in total. The van der Waals surface area contributed by atoms with Crippen LogP contribution in [0.2, 0.25) is 5.04 Å². The number of halogens is 1. The van der Waals surface area contributed by atoms with E-state index >= 15 is 0 Å². The largest absolute Gasteiger partial charge is 0.534 e. The second-order valence-corrected chi connectivity index (χ2v) is 12.7. The number of carboxylic acids is 1. The Morgan fingerprint density at radius 1 is 0.967 bits per heavy atom. The molecule has 0 amide bonds. The Morgan fingerprint density at radius 3 is 1.87 bits per heavy atom. The Kier molecular flexibility index (Phi) is 6.24. The van der Waals surface area contributed by atoms with Gasteiger partial charge in [-0.1, -0.05) is 81.4 Å². The molecule has 0 spiro atoms. The number of alkyl halides is 1. The highest BCUT2D eigenvalue weighted by atomic mass is 35.5. The lowest BCUT2D eigenvalue weighted by atomic mass is 10.1. The third-order valence-electron chi connectivity index (χ3n) is 5.22. The number of benzene rings is 3. The van der Waals surface area contributed by atoms with E-state index in [4.69, 9.17) is 16.0 Å². The first-order chi connectivity index (χ1) is 14.2. The molecule has 0 heterocycles. The third-order valence-corrected chi connectivity index (χ3v) is 10.5. The van der Waals surface area contributed by atoms with Crippen molar-refractivity contribution in [3.8, 4) is 11.5 Å². The van der Waals surface area contributed by atoms with Gasteiger partial charge in [-0.25, -0.2) is 4.79 Å². The second-order valence-electron chi connectivity index (χ2n) is 8.18. The standard InChI is InChI=1S/C24H25ClO4Si/c1-24(2,3)30(19-10-6-4-7-11-19,20-12-8-5-9-13-20)29-18-14-17(16-25)22(23(27)28)21(26)15-18/h4-15,26H,16H2,1-3H3,(H,27,28). The minimum Gasteiger partial charge on any atom is -0.534 e. The molecule has 4 nitrogen and oxygen atoms in total. The van der Waals surface area contributed by atoms with Gasteiger partial charge in [-0.3, -0.25) is 0 Å². The van der Waals surface area contributed by atoms with Gasteiger partial charge in [0.1, 0.15) is 17.1 Å². The number of hydrogen-bond acceptors (Lipinski definition) is 3. The molecule has 0 saturated heterocycles. The number of carboxylic acid groups (broad SMARTS) is 1. The number of hydrogen-bond donors (Lipinski definition) is 2. The molecule has 6 heteroatoms. The summed E-state index contributed by atoms with van der Waals surface area (Å²) in [7, 11) is -2.89. The zero-order valence-corrected chi connectivity index (χ0v) is 19.0. The first-order valence-corrected chi connectivity index (χ1v) is 12.1. The van der Waals surface area contributed by atoms with Crippen molar-refractivity contribution in [2.75, 3.05) is 0 Å². The first-order valence-electron chi connectivity index (χ1n) is 9.66. The van der Waals surface area contributed by atoms with Crippen LogP contribution in [0.15, 0.2) is 72.8 Å². The molecule has 3 aromatic rings. The predicted octanol–water partition coefficient (Wildman–Crippen LogP) is 4.77. The average Bonchev–Trinajstić information content (AvgIpc) is 2.71. The summed E-state index contributed by atoms with van der Waals surface area (Å²) >= 11 is 6.00. The topological polar surface area (TPSA) is 66.8 Å². The van der Waals surface area contributed by atoms with Crippen molar-refractivity contribution >= 4 is 36.3 Å². The maximum atomic E-state index is 11.5. The maximum absolute atomic E-state index is 11.5. The molecule has 0 fully saturated rings. The fourth-order valence-electron chi connectivity index (χ4n) is 3.89. The zero-order chi connectivity index (χ0) is 21.9. The normalized spacial score (nSPS) is 11.9. The van der Waals surface area contributed by atoms with E-state index in [0.29, 0.717) is 11.3 Å². The predicted molar refractivity (Wildman–Crippen MR) is 123 cm³/mol. The molecular formula is C24H25ClO4Si. The molecule has 0 atom stereocenters. The molecule has 3 rings (SSSR count). The molecule has 0 radical (unpaired) electrons. The van der Waals surface area contributed by atoms with Crippen molar-refractivity contribution in [3.63, 3.8) is 0 Å². The summed E-state index contributed by atoms with van der Waals surface area (Å²) < 4.78 is 6.82. The van der Waals surface area contributed by atoms with Crippen molar-refractivity contribution < 1.29 is 19.4 Å². The van der Waals surface area contributed by atoms with Crippen LogP contribution in [0.5, 0.6) is 11.5 Å². The fourth-order valence-corrected chi connectivity index (χ4v) is 8.51. The summed E-state index contributed by atoms with van der Waals surface area (Å²) in [4.78, 5) is 11.5. The Labute approximate surface area is 182 Å². The number of phenols is 1. The van der Waals surface area contributed by atoms with Crippen molar-refractivity contribution in [2.24, 2.45) is 0 Å². The van der Waals surface area contributed by atoms with Crippen LogP contribution in [0, 0.1) is 0 Å². The average molecular weight is 441 g/mol. The van der Waals surface area contributed by atoms with E-state index in [-0.39, 0.29) is 22.2 Å². The van der Waals surface area contributed by atoms with E-state index in [1.807, 2.05) is 36.4 Å². The number of aromatic carboxylic acids is 1. The number of carbonyl (C=O) groups is 1. The molecule has 30 heavy (non-hydrogen) atoms. The smallest absolute Gasteiger partial charge is 0.339 e. The highest BCUT2D eigenvalue weighted by Crippen LogP contribution is 2.39. The van der Waals surface area contributed by atoms with Crippen molar-refractivity contribution in [3.05, 3.63) is 83.9 Å². The molecular weight excluding hydrogens is 416 g/mol. The van der Waals surface area contributed by atoms with Gasteiger partial charge in [-0.05, 0) is 27.0 Å². The van der Waals surface area contributed by atoms with Gasteiger partial charge in [0, 0.05) is 11.9 Å². The minimum absolute atomic E-state index is 0.0485. The van der Waals surface area contributed by atoms with Crippen molar-refractivity contribution in [1.82, 2.24) is 0 Å². The lowest BCUT2D eigenvalue weighted by Crippen LogP contribution is -2.68. The summed E-state index contributed by atoms with van der Waals surface area (Å²) in [6, 6.07) is 23.2. The molecule has 0 aliphatic carbocycles. The van der Waals surface area contributed by atoms with Gasteiger partial charge in [-0.2, -0.15) is 0 Å². The lowest BCUT2D eigenvalue weighted by molar-refractivity contribution is 0.0693. The Hall–Kier alpha value is -2.76. The quantitative estimate of drug-likeness (QED) is 0.428. The highest BCUT2D eigenvalue weighted by Gasteiger charge is 2.52. The summed E-state index contributed by atoms with van der Waals surface area (Å²) in [6.45, 7) is 6.44. The molecule has 0 bridgehead atoms. The molecule has 3 aromatic carbocycles. The monoisotopic (exact) mass is 440 g/mol. The number of rotatable bonds is 6. The minimum atomic E-state index is -2.89. The fraction of sp³-hybridized carbons (Fsp3) is 0.208. The maximum Gasteiger partial charge on any atom is 0.339 e. The summed E-state index contributed by atoms with van der Waals surface area (Å²) in [6.07, 6.45) is 0.